The van der Waals surface area contributed by atoms with Gasteiger partial charge in [-0.15, -0.1) is 0 Å². The number of anilines is 1. The van der Waals surface area contributed by atoms with E-state index in [9.17, 15) is 18.4 Å². The summed E-state index contributed by atoms with van der Waals surface area (Å²) in [5.41, 5.74) is 0.626. The van der Waals surface area contributed by atoms with Gasteiger partial charge in [-0.3, -0.25) is 4.79 Å². The number of carbonyl (C=O) groups excluding carboxylic acids is 2. The quantitative estimate of drug-likeness (QED) is 0.538. The van der Waals surface area contributed by atoms with Gasteiger partial charge in [0.05, 0.1) is 23.9 Å². The van der Waals surface area contributed by atoms with Gasteiger partial charge in [-0.25, -0.2) is 18.6 Å². The Kier molecular flexibility index (Phi) is 6.90. The molecule has 1 amide bonds. The van der Waals surface area contributed by atoms with Crippen LogP contribution in [0.3, 0.4) is 0 Å². The lowest BCUT2D eigenvalue weighted by Gasteiger charge is -2.06. The van der Waals surface area contributed by atoms with Crippen molar-refractivity contribution in [2.75, 3.05) is 11.9 Å². The molecule has 1 aromatic heterocycles. The lowest BCUT2D eigenvalue weighted by atomic mass is 10.1. The molecule has 0 radical (unpaired) electrons. The molecule has 0 saturated carbocycles. The van der Waals surface area contributed by atoms with Gasteiger partial charge in [-0.05, 0) is 42.8 Å². The van der Waals surface area contributed by atoms with Crippen molar-refractivity contribution in [3.05, 3.63) is 71.8 Å². The summed E-state index contributed by atoms with van der Waals surface area (Å²) in [6.45, 7) is 2.26. The van der Waals surface area contributed by atoms with Crippen LogP contribution in [0, 0.1) is 11.6 Å². The Morgan fingerprint density at radius 2 is 1.80 bits per heavy atom. The van der Waals surface area contributed by atoms with Crippen LogP contribution in [0.5, 0.6) is 0 Å². The lowest BCUT2D eigenvalue weighted by molar-refractivity contribution is -0.116. The predicted octanol–water partition coefficient (Wildman–Crippen LogP) is 4.76. The van der Waals surface area contributed by atoms with Crippen LogP contribution in [0.2, 0.25) is 0 Å². The van der Waals surface area contributed by atoms with Crippen molar-refractivity contribution in [3.63, 3.8) is 0 Å². The van der Waals surface area contributed by atoms with Crippen molar-refractivity contribution in [2.24, 2.45) is 0 Å². The fraction of sp³-hybridized carbons (Fsp3) is 0.227. The van der Waals surface area contributed by atoms with Crippen LogP contribution in [0.4, 0.5) is 14.5 Å². The maximum atomic E-state index is 13.8. The number of halogens is 2. The molecular formula is C22H20F2N2O4. The second-order valence-electron chi connectivity index (χ2n) is 6.48. The number of oxazole rings is 1. The van der Waals surface area contributed by atoms with Crippen molar-refractivity contribution in [1.29, 1.82) is 0 Å². The number of hydrogen-bond donors (Lipinski definition) is 1. The zero-order valence-corrected chi connectivity index (χ0v) is 16.3. The van der Waals surface area contributed by atoms with Gasteiger partial charge < -0.3 is 14.5 Å². The van der Waals surface area contributed by atoms with Crippen LogP contribution in [-0.2, 0) is 16.0 Å². The van der Waals surface area contributed by atoms with E-state index in [1.165, 1.54) is 12.3 Å². The van der Waals surface area contributed by atoms with Crippen molar-refractivity contribution in [3.8, 4) is 11.3 Å². The number of carbonyl (C=O) groups is 2. The molecule has 1 N–H and O–H groups in total. The van der Waals surface area contributed by atoms with Crippen LogP contribution < -0.4 is 5.32 Å². The Morgan fingerprint density at radius 3 is 2.47 bits per heavy atom. The van der Waals surface area contributed by atoms with Crippen molar-refractivity contribution in [2.45, 2.75) is 26.2 Å². The van der Waals surface area contributed by atoms with Gasteiger partial charge in [0.25, 0.3) is 0 Å². The number of nitrogens with zero attached hydrogens (tertiary/aromatic N) is 1. The summed E-state index contributed by atoms with van der Waals surface area (Å²) in [7, 11) is 0. The summed E-state index contributed by atoms with van der Waals surface area (Å²) < 4.78 is 38.1. The Bertz CT molecular complexity index is 1010. The van der Waals surface area contributed by atoms with Gasteiger partial charge in [-0.1, -0.05) is 13.0 Å². The second kappa shape index (κ2) is 9.78. The zero-order valence-electron chi connectivity index (χ0n) is 16.3. The summed E-state index contributed by atoms with van der Waals surface area (Å²) in [6.07, 6.45) is 2.18. The number of rotatable bonds is 8. The van der Waals surface area contributed by atoms with E-state index in [1.807, 2.05) is 6.92 Å². The molecule has 156 valence electrons. The number of aromatic nitrogens is 1. The molecule has 0 atom stereocenters. The largest absolute Gasteiger partial charge is 0.462 e. The van der Waals surface area contributed by atoms with E-state index in [1.54, 1.807) is 24.3 Å². The Hall–Kier alpha value is -3.55. The van der Waals surface area contributed by atoms with Crippen LogP contribution in [-0.4, -0.2) is 23.5 Å². The number of ether oxygens (including phenoxy) is 1. The summed E-state index contributed by atoms with van der Waals surface area (Å²) in [5, 5.41) is 2.70. The van der Waals surface area contributed by atoms with Crippen molar-refractivity contribution < 1.29 is 27.5 Å². The average Bonchev–Trinajstić information content (AvgIpc) is 3.19. The van der Waals surface area contributed by atoms with Crippen molar-refractivity contribution in [1.82, 2.24) is 4.98 Å². The molecule has 0 aliphatic heterocycles. The lowest BCUT2D eigenvalue weighted by Crippen LogP contribution is -2.12. The highest BCUT2D eigenvalue weighted by Gasteiger charge is 2.16. The first-order valence-electron chi connectivity index (χ1n) is 9.44. The molecule has 0 aliphatic carbocycles. The fourth-order valence-corrected chi connectivity index (χ4v) is 2.69. The van der Waals surface area contributed by atoms with Gasteiger partial charge in [0, 0.05) is 18.5 Å². The van der Waals surface area contributed by atoms with Crippen LogP contribution >= 0.6 is 0 Å². The van der Waals surface area contributed by atoms with E-state index in [4.69, 9.17) is 9.15 Å². The number of hydrogen-bond acceptors (Lipinski definition) is 5. The van der Waals surface area contributed by atoms with E-state index in [0.717, 1.165) is 18.6 Å². The molecule has 0 spiro atoms. The Balaban J connectivity index is 1.54. The molecule has 3 aromatic rings. The van der Waals surface area contributed by atoms with Crippen LogP contribution in [0.25, 0.3) is 11.3 Å². The normalized spacial score (nSPS) is 10.6. The molecule has 8 heteroatoms. The van der Waals surface area contributed by atoms with Gasteiger partial charge >= 0.3 is 5.97 Å². The van der Waals surface area contributed by atoms with Gasteiger partial charge in [-0.2, -0.15) is 0 Å². The smallest absolute Gasteiger partial charge is 0.338 e. The predicted molar refractivity (Wildman–Crippen MR) is 106 cm³/mol. The molecule has 0 unspecified atom stereocenters. The molecule has 3 rings (SSSR count). The summed E-state index contributed by atoms with van der Waals surface area (Å²) >= 11 is 0. The molecule has 0 aliphatic rings. The van der Waals surface area contributed by atoms with E-state index in [2.05, 4.69) is 10.3 Å². The van der Waals surface area contributed by atoms with Gasteiger partial charge in [0.2, 0.25) is 5.91 Å². The highest BCUT2D eigenvalue weighted by molar-refractivity contribution is 5.93. The molecule has 0 saturated heterocycles. The third kappa shape index (κ3) is 5.28. The highest BCUT2D eigenvalue weighted by Crippen LogP contribution is 2.26. The first kappa shape index (κ1) is 21.2. The Labute approximate surface area is 171 Å². The highest BCUT2D eigenvalue weighted by atomic mass is 19.1. The first-order valence-corrected chi connectivity index (χ1v) is 9.44. The topological polar surface area (TPSA) is 81.4 Å². The number of amides is 1. The van der Waals surface area contributed by atoms with E-state index >= 15 is 0 Å². The van der Waals surface area contributed by atoms with Crippen LogP contribution in [0.15, 0.2) is 53.1 Å². The third-order valence-electron chi connectivity index (χ3n) is 4.17. The van der Waals surface area contributed by atoms with Gasteiger partial charge in [0.1, 0.15) is 11.6 Å². The SMILES string of the molecule is CCCOC(=O)c1ccc(NC(=O)CCc2ncc(-c3c(F)cccc3F)o2)cc1. The minimum Gasteiger partial charge on any atom is -0.462 e. The summed E-state index contributed by atoms with van der Waals surface area (Å²) in [4.78, 5) is 27.9. The van der Waals surface area contributed by atoms with E-state index in [-0.39, 0.29) is 36.0 Å². The molecular weight excluding hydrogens is 394 g/mol. The molecule has 0 bridgehead atoms. The minimum absolute atomic E-state index is 0.0356. The summed E-state index contributed by atoms with van der Waals surface area (Å²) in [6, 6.07) is 9.85. The molecule has 2 aromatic carbocycles. The standard InChI is InChI=1S/C22H20F2N2O4/c1-2-12-29-22(28)14-6-8-15(9-7-14)26-19(27)10-11-20-25-13-18(30-20)21-16(23)4-3-5-17(21)24/h3-9,13H,2,10-12H2,1H3,(H,26,27). The number of nitrogens with one attached hydrogen (secondary N) is 1. The molecule has 30 heavy (non-hydrogen) atoms. The Morgan fingerprint density at radius 1 is 1.10 bits per heavy atom. The van der Waals surface area contributed by atoms with Crippen LogP contribution in [0.1, 0.15) is 36.0 Å². The van der Waals surface area contributed by atoms with Gasteiger partial charge in [0.15, 0.2) is 11.7 Å². The maximum Gasteiger partial charge on any atom is 0.338 e. The monoisotopic (exact) mass is 414 g/mol. The van der Waals surface area contributed by atoms with Crippen molar-refractivity contribution >= 4 is 17.6 Å². The molecule has 6 nitrogen and oxygen atoms in total. The fourth-order valence-electron chi connectivity index (χ4n) is 2.69. The zero-order chi connectivity index (χ0) is 21.5. The number of aryl methyl sites for hydroxylation is 1. The van der Waals surface area contributed by atoms with E-state index in [0.29, 0.717) is 17.9 Å². The maximum absolute atomic E-state index is 13.8. The average molecular weight is 414 g/mol. The summed E-state index contributed by atoms with van der Waals surface area (Å²) in [5.74, 6) is -2.06. The minimum atomic E-state index is -0.752. The molecule has 0 fully saturated rings. The first-order chi connectivity index (χ1) is 14.5. The number of esters is 1. The van der Waals surface area contributed by atoms with E-state index < -0.39 is 17.6 Å². The second-order valence-corrected chi connectivity index (χ2v) is 6.48. The number of benzene rings is 2. The third-order valence-corrected chi connectivity index (χ3v) is 4.17. The molecule has 1 heterocycles.